The van der Waals surface area contributed by atoms with Crippen molar-refractivity contribution in [1.29, 1.82) is 0 Å². The second-order valence-electron chi connectivity index (χ2n) is 8.28. The Kier molecular flexibility index (Phi) is 7.95. The van der Waals surface area contributed by atoms with Gasteiger partial charge in [0, 0.05) is 29.6 Å². The number of anilines is 1. The highest BCUT2D eigenvalue weighted by Crippen LogP contribution is 2.42. The highest BCUT2D eigenvalue weighted by atomic mass is 32.2. The number of thiazole rings is 1. The van der Waals surface area contributed by atoms with Gasteiger partial charge in [-0.15, -0.1) is 11.8 Å². The predicted molar refractivity (Wildman–Crippen MR) is 132 cm³/mol. The van der Waals surface area contributed by atoms with Crippen molar-refractivity contribution in [2.75, 3.05) is 18.0 Å². The van der Waals surface area contributed by atoms with Gasteiger partial charge in [0.2, 0.25) is 5.13 Å². The van der Waals surface area contributed by atoms with Gasteiger partial charge in [0.1, 0.15) is 10.0 Å². The fourth-order valence-electron chi connectivity index (χ4n) is 3.55. The van der Waals surface area contributed by atoms with E-state index in [-0.39, 0.29) is 17.0 Å². The van der Waals surface area contributed by atoms with E-state index in [1.807, 2.05) is 0 Å². The first-order valence-corrected chi connectivity index (χ1v) is 12.3. The summed E-state index contributed by atoms with van der Waals surface area (Å²) in [5, 5.41) is 10.6. The normalized spacial score (nSPS) is 16.4. The third-order valence-electron chi connectivity index (χ3n) is 5.15. The van der Waals surface area contributed by atoms with Gasteiger partial charge in [-0.25, -0.2) is 14.2 Å². The van der Waals surface area contributed by atoms with Crippen molar-refractivity contribution >= 4 is 51.3 Å². The Morgan fingerprint density at radius 2 is 2.06 bits per heavy atom. The number of carbonyl (C=O) groups is 1. The van der Waals surface area contributed by atoms with Crippen LogP contribution in [-0.4, -0.2) is 40.1 Å². The number of rotatable bonds is 7. The second kappa shape index (κ2) is 10.5. The van der Waals surface area contributed by atoms with Crippen molar-refractivity contribution in [3.05, 3.63) is 41.3 Å². The summed E-state index contributed by atoms with van der Waals surface area (Å²) < 4.78 is 14.9. The second-order valence-corrected chi connectivity index (χ2v) is 11.1. The van der Waals surface area contributed by atoms with Crippen LogP contribution in [0.1, 0.15) is 46.1 Å². The van der Waals surface area contributed by atoms with Crippen molar-refractivity contribution < 1.29 is 14.3 Å². The zero-order valence-electron chi connectivity index (χ0n) is 18.8. The van der Waals surface area contributed by atoms with Crippen molar-refractivity contribution in [2.24, 2.45) is 16.6 Å². The molecule has 1 fully saturated rings. The third-order valence-corrected chi connectivity index (χ3v) is 7.29. The number of carboxylic acids is 1. The number of hydrogen-bond donors (Lipinski definition) is 2. The van der Waals surface area contributed by atoms with Gasteiger partial charge >= 0.3 is 5.97 Å². The van der Waals surface area contributed by atoms with Crippen LogP contribution < -0.4 is 10.6 Å². The first-order valence-electron chi connectivity index (χ1n) is 10.6. The summed E-state index contributed by atoms with van der Waals surface area (Å²) >= 11 is 3.08. The molecule has 0 amide bonds. The molecule has 0 unspecified atom stereocenters. The molecule has 1 aliphatic heterocycles. The number of aromatic nitrogens is 1. The topological polar surface area (TPSA) is 91.8 Å². The van der Waals surface area contributed by atoms with Crippen LogP contribution >= 0.6 is 23.1 Å². The molecule has 32 heavy (non-hydrogen) atoms. The van der Waals surface area contributed by atoms with Crippen LogP contribution in [0.15, 0.2) is 39.2 Å². The number of carboxylic acid groups (broad SMARTS) is 1. The molecule has 9 heteroatoms. The van der Waals surface area contributed by atoms with Crippen molar-refractivity contribution in [3.63, 3.8) is 0 Å². The summed E-state index contributed by atoms with van der Waals surface area (Å²) in [6.45, 7) is 9.90. The molecular weight excluding hydrogens is 447 g/mol. The number of thioether (sulfide) groups is 1. The Morgan fingerprint density at radius 3 is 2.62 bits per heavy atom. The Bertz CT molecular complexity index is 1040. The summed E-state index contributed by atoms with van der Waals surface area (Å²) in [6, 6.07) is 5.69. The van der Waals surface area contributed by atoms with Crippen LogP contribution in [0.2, 0.25) is 0 Å². The summed E-state index contributed by atoms with van der Waals surface area (Å²) in [7, 11) is 0. The molecule has 0 aliphatic carbocycles. The van der Waals surface area contributed by atoms with Crippen LogP contribution in [0.4, 0.5) is 15.3 Å². The molecule has 2 aromatic rings. The molecule has 1 aromatic heterocycles. The number of nitrogens with two attached hydrogens (primary N) is 1. The van der Waals surface area contributed by atoms with E-state index in [0.717, 1.165) is 36.0 Å². The van der Waals surface area contributed by atoms with Gasteiger partial charge in [-0.05, 0) is 43.4 Å². The van der Waals surface area contributed by atoms with E-state index in [9.17, 15) is 14.3 Å². The van der Waals surface area contributed by atoms with Crippen molar-refractivity contribution in [1.82, 2.24) is 4.98 Å². The highest BCUT2D eigenvalue weighted by Gasteiger charge is 2.25. The van der Waals surface area contributed by atoms with Gasteiger partial charge in [-0.1, -0.05) is 44.2 Å². The molecular formula is C23H29FN4O2S2. The van der Waals surface area contributed by atoms with E-state index < -0.39 is 11.8 Å². The van der Waals surface area contributed by atoms with Gasteiger partial charge in [0.15, 0.2) is 11.5 Å². The first kappa shape index (κ1) is 24.3. The molecule has 0 saturated carbocycles. The zero-order valence-corrected chi connectivity index (χ0v) is 20.4. The lowest BCUT2D eigenvalue weighted by Crippen LogP contribution is -2.33. The van der Waals surface area contributed by atoms with E-state index in [1.54, 1.807) is 24.8 Å². The summed E-state index contributed by atoms with van der Waals surface area (Å²) in [6.07, 6.45) is 2.20. The minimum atomic E-state index is -1.24. The summed E-state index contributed by atoms with van der Waals surface area (Å²) in [5.41, 5.74) is 6.58. The highest BCUT2D eigenvalue weighted by molar-refractivity contribution is 8.01. The molecule has 172 valence electrons. The van der Waals surface area contributed by atoms with E-state index >= 15 is 0 Å². The lowest BCUT2D eigenvalue weighted by molar-refractivity contribution is -0.129. The Hall–Kier alpha value is -2.39. The fourth-order valence-corrected chi connectivity index (χ4v) is 5.95. The minimum absolute atomic E-state index is 0.193. The molecule has 3 N–H and O–H groups in total. The molecule has 6 nitrogen and oxygen atoms in total. The SMILES string of the molecule is CC(N)=C(C(=Nc1nc(N2CCC(C)CC2)c(SC(C)C)s1)C(=O)O)c1cccc(F)c1. The Labute approximate surface area is 196 Å². The summed E-state index contributed by atoms with van der Waals surface area (Å²) in [4.78, 5) is 23.6. The molecule has 0 radical (unpaired) electrons. The molecule has 1 saturated heterocycles. The number of hydrogen-bond acceptors (Lipinski definition) is 7. The van der Waals surface area contributed by atoms with Crippen molar-refractivity contribution in [3.8, 4) is 0 Å². The fraction of sp³-hybridized carbons (Fsp3) is 0.435. The lowest BCUT2D eigenvalue weighted by atomic mass is 9.99. The number of piperidine rings is 1. The molecule has 0 bridgehead atoms. The maximum Gasteiger partial charge on any atom is 0.355 e. The standard InChI is InChI=1S/C23H29FN4O2S2/c1-13(2)31-22-20(28-10-8-14(3)9-11-28)27-23(32-22)26-19(21(29)30)18(15(4)25)16-6-5-7-17(24)12-16/h5-7,12-14H,8-11,25H2,1-4H3,(H,29,30). The van der Waals surface area contributed by atoms with Crippen LogP contribution in [0.3, 0.4) is 0 Å². The maximum absolute atomic E-state index is 13.8. The zero-order chi connectivity index (χ0) is 23.4. The Morgan fingerprint density at radius 1 is 1.38 bits per heavy atom. The maximum atomic E-state index is 13.8. The number of allylic oxidation sites excluding steroid dienone is 1. The van der Waals surface area contributed by atoms with E-state index in [1.165, 1.54) is 29.5 Å². The van der Waals surface area contributed by atoms with Gasteiger partial charge in [-0.3, -0.25) is 0 Å². The summed E-state index contributed by atoms with van der Waals surface area (Å²) in [5.74, 6) is -0.160. The third kappa shape index (κ3) is 5.89. The monoisotopic (exact) mass is 476 g/mol. The average molecular weight is 477 g/mol. The van der Waals surface area contributed by atoms with Crippen LogP contribution in [0.5, 0.6) is 0 Å². The Balaban J connectivity index is 2.06. The number of halogens is 1. The van der Waals surface area contributed by atoms with E-state index in [0.29, 0.717) is 21.9 Å². The van der Waals surface area contributed by atoms with Crippen LogP contribution in [0.25, 0.3) is 5.57 Å². The predicted octanol–water partition coefficient (Wildman–Crippen LogP) is 5.57. The molecule has 3 rings (SSSR count). The molecule has 2 heterocycles. The van der Waals surface area contributed by atoms with Gasteiger partial charge < -0.3 is 15.7 Å². The molecule has 0 atom stereocenters. The number of nitrogens with zero attached hydrogens (tertiary/aromatic N) is 3. The van der Waals surface area contributed by atoms with Gasteiger partial charge in [0.05, 0.1) is 0 Å². The smallest absolute Gasteiger partial charge is 0.355 e. The number of aliphatic carboxylic acids is 1. The number of aliphatic imine (C=N–C) groups is 1. The lowest BCUT2D eigenvalue weighted by Gasteiger charge is -2.31. The molecule has 0 spiro atoms. The van der Waals surface area contributed by atoms with Crippen LogP contribution in [-0.2, 0) is 4.79 Å². The number of benzene rings is 1. The van der Waals surface area contributed by atoms with Crippen LogP contribution in [0, 0.1) is 11.7 Å². The minimum Gasteiger partial charge on any atom is -0.476 e. The largest absolute Gasteiger partial charge is 0.476 e. The van der Waals surface area contributed by atoms with E-state index in [2.05, 4.69) is 30.7 Å². The quantitative estimate of drug-likeness (QED) is 0.401. The first-order chi connectivity index (χ1) is 15.2. The van der Waals surface area contributed by atoms with Gasteiger partial charge in [0.25, 0.3) is 0 Å². The van der Waals surface area contributed by atoms with Crippen molar-refractivity contribution in [2.45, 2.75) is 50.0 Å². The van der Waals surface area contributed by atoms with Gasteiger partial charge in [-0.2, -0.15) is 4.98 Å². The molecule has 1 aromatic carbocycles. The average Bonchev–Trinajstić information content (AvgIpc) is 3.09. The van der Waals surface area contributed by atoms with E-state index in [4.69, 9.17) is 10.7 Å². The molecule has 1 aliphatic rings.